The van der Waals surface area contributed by atoms with Gasteiger partial charge in [0.25, 0.3) is 0 Å². The number of ether oxygens (including phenoxy) is 1. The Labute approximate surface area is 47.1 Å². The third kappa shape index (κ3) is 0.721. The van der Waals surface area contributed by atoms with E-state index in [0.717, 1.165) is 5.57 Å². The molecule has 3 nitrogen and oxygen atoms in total. The number of esters is 1. The predicted molar refractivity (Wildman–Crippen MR) is 27.8 cm³/mol. The quantitative estimate of drug-likeness (QED) is 0.441. The van der Waals surface area contributed by atoms with Crippen LogP contribution in [-0.4, -0.2) is 12.2 Å². The van der Waals surface area contributed by atoms with Crippen molar-refractivity contribution in [1.29, 1.82) is 0 Å². The molecule has 0 aliphatic carbocycles. The van der Waals surface area contributed by atoms with Crippen LogP contribution in [0.2, 0.25) is 0 Å². The molecular formula is C5H7NO2. The standard InChI is InChI=1S/C5H7NO2/c1-3-2-4(7)8-5(3)6/h2,5H,6H2,1H3. The highest BCUT2D eigenvalue weighted by Crippen LogP contribution is 2.08. The summed E-state index contributed by atoms with van der Waals surface area (Å²) >= 11 is 0. The van der Waals surface area contributed by atoms with Gasteiger partial charge in [-0.2, -0.15) is 0 Å². The first-order valence-corrected chi connectivity index (χ1v) is 2.34. The van der Waals surface area contributed by atoms with Crippen LogP contribution in [0.5, 0.6) is 0 Å². The second-order valence-corrected chi connectivity index (χ2v) is 1.75. The molecule has 2 N–H and O–H groups in total. The van der Waals surface area contributed by atoms with Crippen molar-refractivity contribution in [3.8, 4) is 0 Å². The minimum atomic E-state index is -0.498. The average molecular weight is 113 g/mol. The van der Waals surface area contributed by atoms with E-state index >= 15 is 0 Å². The number of cyclic esters (lactones) is 1. The first-order chi connectivity index (χ1) is 3.70. The lowest BCUT2D eigenvalue weighted by Gasteiger charge is -2.01. The van der Waals surface area contributed by atoms with Crippen LogP contribution in [0.4, 0.5) is 0 Å². The molecule has 1 heterocycles. The van der Waals surface area contributed by atoms with Gasteiger partial charge in [0.1, 0.15) is 0 Å². The molecule has 0 saturated heterocycles. The van der Waals surface area contributed by atoms with Gasteiger partial charge >= 0.3 is 5.97 Å². The Morgan fingerprint density at radius 1 is 1.88 bits per heavy atom. The zero-order chi connectivity index (χ0) is 6.15. The van der Waals surface area contributed by atoms with Gasteiger partial charge in [0.2, 0.25) is 0 Å². The van der Waals surface area contributed by atoms with E-state index < -0.39 is 6.23 Å². The normalized spacial score (nSPS) is 27.5. The maximum absolute atomic E-state index is 10.3. The maximum Gasteiger partial charge on any atom is 0.332 e. The Bertz CT molecular complexity index is 151. The second kappa shape index (κ2) is 1.59. The molecule has 3 heteroatoms. The van der Waals surface area contributed by atoms with Crippen LogP contribution in [0, 0.1) is 0 Å². The summed E-state index contributed by atoms with van der Waals surface area (Å²) in [6, 6.07) is 0. The number of rotatable bonds is 0. The Balaban J connectivity index is 2.73. The highest BCUT2D eigenvalue weighted by molar-refractivity contribution is 5.85. The molecule has 1 aliphatic rings. The topological polar surface area (TPSA) is 52.3 Å². The largest absolute Gasteiger partial charge is 0.440 e. The molecule has 0 fully saturated rings. The molecule has 0 aromatic heterocycles. The van der Waals surface area contributed by atoms with Crippen LogP contribution in [-0.2, 0) is 9.53 Å². The summed E-state index contributed by atoms with van der Waals surface area (Å²) in [6.45, 7) is 1.76. The van der Waals surface area contributed by atoms with E-state index in [1.54, 1.807) is 6.92 Å². The Kier molecular flexibility index (Phi) is 1.06. The van der Waals surface area contributed by atoms with Gasteiger partial charge in [-0.3, -0.25) is 5.73 Å². The highest BCUT2D eigenvalue weighted by Gasteiger charge is 2.17. The summed E-state index contributed by atoms with van der Waals surface area (Å²) in [7, 11) is 0. The molecule has 0 spiro atoms. The summed E-state index contributed by atoms with van der Waals surface area (Å²) in [5.74, 6) is -0.338. The minimum absolute atomic E-state index is 0.338. The molecular weight excluding hydrogens is 106 g/mol. The van der Waals surface area contributed by atoms with Gasteiger partial charge in [-0.15, -0.1) is 0 Å². The molecule has 0 amide bonds. The van der Waals surface area contributed by atoms with Gasteiger partial charge in [0, 0.05) is 6.08 Å². The third-order valence-corrected chi connectivity index (χ3v) is 1.04. The average Bonchev–Trinajstić information content (AvgIpc) is 1.85. The van der Waals surface area contributed by atoms with Gasteiger partial charge in [-0.1, -0.05) is 0 Å². The van der Waals surface area contributed by atoms with Crippen LogP contribution in [0.3, 0.4) is 0 Å². The zero-order valence-electron chi connectivity index (χ0n) is 4.55. The molecule has 1 aliphatic heterocycles. The van der Waals surface area contributed by atoms with Crippen molar-refractivity contribution in [2.45, 2.75) is 13.2 Å². The molecule has 0 radical (unpaired) electrons. The summed E-state index contributed by atoms with van der Waals surface area (Å²) in [5.41, 5.74) is 6.04. The van der Waals surface area contributed by atoms with Crippen molar-refractivity contribution in [2.75, 3.05) is 0 Å². The van der Waals surface area contributed by atoms with E-state index in [2.05, 4.69) is 4.74 Å². The number of hydrogen-bond donors (Lipinski definition) is 1. The van der Waals surface area contributed by atoms with Crippen molar-refractivity contribution in [1.82, 2.24) is 0 Å². The first-order valence-electron chi connectivity index (χ1n) is 2.34. The molecule has 1 rings (SSSR count). The van der Waals surface area contributed by atoms with Crippen molar-refractivity contribution in [3.05, 3.63) is 11.6 Å². The molecule has 1 atom stereocenters. The highest BCUT2D eigenvalue weighted by atomic mass is 16.6. The van der Waals surface area contributed by atoms with Crippen LogP contribution in [0.1, 0.15) is 6.92 Å². The van der Waals surface area contributed by atoms with Gasteiger partial charge < -0.3 is 4.74 Å². The first kappa shape index (κ1) is 5.31. The van der Waals surface area contributed by atoms with Gasteiger partial charge in [0.15, 0.2) is 6.23 Å². The maximum atomic E-state index is 10.3. The number of nitrogens with two attached hydrogens (primary N) is 1. The van der Waals surface area contributed by atoms with Crippen LogP contribution >= 0.6 is 0 Å². The van der Waals surface area contributed by atoms with Gasteiger partial charge in [-0.05, 0) is 12.5 Å². The monoisotopic (exact) mass is 113 g/mol. The second-order valence-electron chi connectivity index (χ2n) is 1.75. The number of hydrogen-bond acceptors (Lipinski definition) is 3. The molecule has 1 unspecified atom stereocenters. The van der Waals surface area contributed by atoms with Crippen LogP contribution in [0.25, 0.3) is 0 Å². The molecule has 8 heavy (non-hydrogen) atoms. The summed E-state index contributed by atoms with van der Waals surface area (Å²) in [5, 5.41) is 0. The van der Waals surface area contributed by atoms with Crippen LogP contribution < -0.4 is 5.73 Å². The molecule has 0 saturated carbocycles. The molecule has 0 bridgehead atoms. The fourth-order valence-electron chi connectivity index (χ4n) is 0.520. The Morgan fingerprint density at radius 2 is 2.50 bits per heavy atom. The summed E-state index contributed by atoms with van der Waals surface area (Å²) < 4.78 is 4.52. The third-order valence-electron chi connectivity index (χ3n) is 1.04. The van der Waals surface area contributed by atoms with Gasteiger partial charge in [-0.25, -0.2) is 4.79 Å². The van der Waals surface area contributed by atoms with Crippen molar-refractivity contribution < 1.29 is 9.53 Å². The fourth-order valence-corrected chi connectivity index (χ4v) is 0.520. The van der Waals surface area contributed by atoms with Crippen molar-refractivity contribution in [3.63, 3.8) is 0 Å². The van der Waals surface area contributed by atoms with Crippen molar-refractivity contribution in [2.24, 2.45) is 5.73 Å². The SMILES string of the molecule is CC1=CC(=O)OC1N. The lowest BCUT2D eigenvalue weighted by atomic mass is 10.3. The number of carbonyl (C=O) groups is 1. The van der Waals surface area contributed by atoms with E-state index in [4.69, 9.17) is 5.73 Å². The predicted octanol–water partition coefficient (Wildman–Crippen LogP) is -0.226. The lowest BCUT2D eigenvalue weighted by Crippen LogP contribution is -2.21. The molecule has 0 aromatic rings. The zero-order valence-corrected chi connectivity index (χ0v) is 4.55. The lowest BCUT2D eigenvalue weighted by molar-refractivity contribution is -0.138. The van der Waals surface area contributed by atoms with E-state index in [9.17, 15) is 4.79 Å². The summed E-state index contributed by atoms with van der Waals surface area (Å²) in [6.07, 6.45) is 0.896. The van der Waals surface area contributed by atoms with E-state index in [0.29, 0.717) is 0 Å². The fraction of sp³-hybridized carbons (Fsp3) is 0.400. The van der Waals surface area contributed by atoms with E-state index in [1.165, 1.54) is 6.08 Å². The smallest absolute Gasteiger partial charge is 0.332 e. The van der Waals surface area contributed by atoms with Crippen molar-refractivity contribution >= 4 is 5.97 Å². The van der Waals surface area contributed by atoms with E-state index in [1.807, 2.05) is 0 Å². The minimum Gasteiger partial charge on any atom is -0.440 e. The number of carbonyl (C=O) groups excluding carboxylic acids is 1. The van der Waals surface area contributed by atoms with Gasteiger partial charge in [0.05, 0.1) is 0 Å². The summed E-state index contributed by atoms with van der Waals surface area (Å²) in [4.78, 5) is 10.3. The molecule has 0 aromatic carbocycles. The Hall–Kier alpha value is -0.830. The van der Waals surface area contributed by atoms with E-state index in [-0.39, 0.29) is 5.97 Å². The molecule has 44 valence electrons. The van der Waals surface area contributed by atoms with Crippen LogP contribution in [0.15, 0.2) is 11.6 Å². The Morgan fingerprint density at radius 3 is 2.62 bits per heavy atom.